The van der Waals surface area contributed by atoms with Crippen molar-refractivity contribution in [2.75, 3.05) is 7.05 Å². The van der Waals surface area contributed by atoms with E-state index in [0.717, 1.165) is 6.42 Å². The van der Waals surface area contributed by atoms with Crippen LogP contribution in [0.1, 0.15) is 35.3 Å². The molecule has 0 fully saturated rings. The Morgan fingerprint density at radius 2 is 2.43 bits per heavy atom. The summed E-state index contributed by atoms with van der Waals surface area (Å²) in [5.74, 6) is 0. The predicted octanol–water partition coefficient (Wildman–Crippen LogP) is 2.17. The molecule has 1 heterocycles. The summed E-state index contributed by atoms with van der Waals surface area (Å²) in [7, 11) is 2.06. The van der Waals surface area contributed by atoms with Gasteiger partial charge in [-0.1, -0.05) is 6.92 Å². The maximum Gasteiger partial charge on any atom is 0.0931 e. The molecule has 1 N–H and O–H groups in total. The van der Waals surface area contributed by atoms with Gasteiger partial charge in [0.05, 0.1) is 10.7 Å². The van der Waals surface area contributed by atoms with Crippen LogP contribution < -0.4 is 5.32 Å². The van der Waals surface area contributed by atoms with E-state index in [1.54, 1.807) is 0 Å². The summed E-state index contributed by atoms with van der Waals surface area (Å²) in [6.07, 6.45) is 5.97. The van der Waals surface area contributed by atoms with Crippen molar-refractivity contribution in [1.82, 2.24) is 10.3 Å². The molecule has 0 radical (unpaired) electrons. The van der Waals surface area contributed by atoms with Crippen LogP contribution in [0, 0.1) is 0 Å². The first-order valence-corrected chi connectivity index (χ1v) is 6.29. The number of fused-ring (bicyclic) bond motifs is 1. The SMILES string of the molecule is CCCc1nc2c(s1)C[C@@H](NC)CC2. The van der Waals surface area contributed by atoms with Crippen molar-refractivity contribution in [2.24, 2.45) is 0 Å². The Morgan fingerprint density at radius 1 is 1.57 bits per heavy atom. The minimum atomic E-state index is 0.678. The van der Waals surface area contributed by atoms with Crippen LogP contribution in [0.3, 0.4) is 0 Å². The van der Waals surface area contributed by atoms with E-state index >= 15 is 0 Å². The number of nitrogens with one attached hydrogen (secondary N) is 1. The van der Waals surface area contributed by atoms with Gasteiger partial charge >= 0.3 is 0 Å². The van der Waals surface area contributed by atoms with Crippen molar-refractivity contribution in [3.63, 3.8) is 0 Å². The van der Waals surface area contributed by atoms with Gasteiger partial charge in [-0.05, 0) is 39.2 Å². The Hall–Kier alpha value is -0.410. The average Bonchev–Trinajstić information content (AvgIpc) is 2.59. The number of hydrogen-bond acceptors (Lipinski definition) is 3. The summed E-state index contributed by atoms with van der Waals surface area (Å²) in [6.45, 7) is 2.22. The van der Waals surface area contributed by atoms with Gasteiger partial charge < -0.3 is 5.32 Å². The van der Waals surface area contributed by atoms with Crippen molar-refractivity contribution < 1.29 is 0 Å². The first kappa shape index (κ1) is 10.1. The predicted molar refractivity (Wildman–Crippen MR) is 61.0 cm³/mol. The van der Waals surface area contributed by atoms with Crippen LogP contribution in [-0.2, 0) is 19.3 Å². The van der Waals surface area contributed by atoms with Crippen LogP contribution in [0.2, 0.25) is 0 Å². The molecule has 0 bridgehead atoms. The highest BCUT2D eigenvalue weighted by molar-refractivity contribution is 7.11. The Morgan fingerprint density at radius 3 is 3.14 bits per heavy atom. The van der Waals surface area contributed by atoms with Crippen molar-refractivity contribution in [3.8, 4) is 0 Å². The zero-order chi connectivity index (χ0) is 9.97. The lowest BCUT2D eigenvalue weighted by atomic mass is 9.98. The zero-order valence-electron chi connectivity index (χ0n) is 8.97. The smallest absolute Gasteiger partial charge is 0.0931 e. The van der Waals surface area contributed by atoms with Crippen molar-refractivity contribution in [2.45, 2.75) is 45.1 Å². The lowest BCUT2D eigenvalue weighted by Gasteiger charge is -2.19. The Bertz CT molecular complexity index is 306. The fourth-order valence-corrected chi connectivity index (χ4v) is 3.29. The molecule has 1 atom stereocenters. The fraction of sp³-hybridized carbons (Fsp3) is 0.727. The first-order valence-electron chi connectivity index (χ1n) is 5.48. The second-order valence-electron chi connectivity index (χ2n) is 3.96. The van der Waals surface area contributed by atoms with E-state index in [1.165, 1.54) is 41.3 Å². The molecule has 0 saturated heterocycles. The highest BCUT2D eigenvalue weighted by Crippen LogP contribution is 2.27. The van der Waals surface area contributed by atoms with E-state index in [1.807, 2.05) is 11.3 Å². The molecule has 0 saturated carbocycles. The van der Waals surface area contributed by atoms with Gasteiger partial charge in [-0.3, -0.25) is 0 Å². The molecule has 0 amide bonds. The lowest BCUT2D eigenvalue weighted by molar-refractivity contribution is 0.496. The molecule has 2 nitrogen and oxygen atoms in total. The molecule has 0 spiro atoms. The number of hydrogen-bond donors (Lipinski definition) is 1. The number of likely N-dealkylation sites (N-methyl/N-ethyl adjacent to an activating group) is 1. The Kier molecular flexibility index (Phi) is 3.19. The minimum Gasteiger partial charge on any atom is -0.317 e. The normalized spacial score (nSPS) is 20.9. The maximum atomic E-state index is 4.70. The molecule has 2 rings (SSSR count). The molecular formula is C11H18N2S. The molecule has 1 aromatic heterocycles. The molecule has 1 aromatic rings. The van der Waals surface area contributed by atoms with E-state index < -0.39 is 0 Å². The van der Waals surface area contributed by atoms with Gasteiger partial charge in [0, 0.05) is 10.9 Å². The highest BCUT2D eigenvalue weighted by Gasteiger charge is 2.20. The summed E-state index contributed by atoms with van der Waals surface area (Å²) in [6, 6.07) is 0.678. The van der Waals surface area contributed by atoms with Gasteiger partial charge in [-0.15, -0.1) is 11.3 Å². The number of aromatic nitrogens is 1. The van der Waals surface area contributed by atoms with Gasteiger partial charge in [0.15, 0.2) is 0 Å². The molecular weight excluding hydrogens is 192 g/mol. The molecule has 0 aliphatic heterocycles. The van der Waals surface area contributed by atoms with Crippen LogP contribution in [0.4, 0.5) is 0 Å². The van der Waals surface area contributed by atoms with Gasteiger partial charge in [0.2, 0.25) is 0 Å². The van der Waals surface area contributed by atoms with E-state index in [9.17, 15) is 0 Å². The third-order valence-corrected chi connectivity index (χ3v) is 4.04. The van der Waals surface area contributed by atoms with Gasteiger partial charge in [-0.25, -0.2) is 4.98 Å². The monoisotopic (exact) mass is 210 g/mol. The number of rotatable bonds is 3. The topological polar surface area (TPSA) is 24.9 Å². The molecule has 1 aliphatic carbocycles. The van der Waals surface area contributed by atoms with Gasteiger partial charge in [0.25, 0.3) is 0 Å². The van der Waals surface area contributed by atoms with Crippen molar-refractivity contribution in [1.29, 1.82) is 0 Å². The third-order valence-electron chi connectivity index (χ3n) is 2.86. The Labute approximate surface area is 89.8 Å². The number of nitrogens with zero attached hydrogens (tertiary/aromatic N) is 1. The number of aryl methyl sites for hydroxylation is 2. The number of thiazole rings is 1. The van der Waals surface area contributed by atoms with Crippen LogP contribution >= 0.6 is 11.3 Å². The zero-order valence-corrected chi connectivity index (χ0v) is 9.78. The van der Waals surface area contributed by atoms with Crippen molar-refractivity contribution >= 4 is 11.3 Å². The molecule has 0 aromatic carbocycles. The van der Waals surface area contributed by atoms with E-state index in [4.69, 9.17) is 4.98 Å². The fourth-order valence-electron chi connectivity index (χ4n) is 2.00. The quantitative estimate of drug-likeness (QED) is 0.827. The second-order valence-corrected chi connectivity index (χ2v) is 5.12. The molecule has 0 unspecified atom stereocenters. The summed E-state index contributed by atoms with van der Waals surface area (Å²) in [4.78, 5) is 6.23. The van der Waals surface area contributed by atoms with E-state index in [0.29, 0.717) is 6.04 Å². The van der Waals surface area contributed by atoms with E-state index in [2.05, 4.69) is 19.3 Å². The highest BCUT2D eigenvalue weighted by atomic mass is 32.1. The molecule has 78 valence electrons. The van der Waals surface area contributed by atoms with Crippen LogP contribution in [-0.4, -0.2) is 18.1 Å². The summed E-state index contributed by atoms with van der Waals surface area (Å²) < 4.78 is 0. The second kappa shape index (κ2) is 4.41. The minimum absolute atomic E-state index is 0.678. The average molecular weight is 210 g/mol. The third kappa shape index (κ3) is 1.98. The molecule has 1 aliphatic rings. The summed E-state index contributed by atoms with van der Waals surface area (Å²) >= 11 is 1.93. The van der Waals surface area contributed by atoms with Gasteiger partial charge in [0.1, 0.15) is 0 Å². The molecule has 14 heavy (non-hydrogen) atoms. The van der Waals surface area contributed by atoms with Gasteiger partial charge in [-0.2, -0.15) is 0 Å². The molecule has 3 heteroatoms. The first-order chi connectivity index (χ1) is 6.83. The van der Waals surface area contributed by atoms with Crippen LogP contribution in [0.15, 0.2) is 0 Å². The van der Waals surface area contributed by atoms with E-state index in [-0.39, 0.29) is 0 Å². The lowest BCUT2D eigenvalue weighted by Crippen LogP contribution is -2.30. The summed E-state index contributed by atoms with van der Waals surface area (Å²) in [5.41, 5.74) is 1.38. The van der Waals surface area contributed by atoms with Crippen LogP contribution in [0.25, 0.3) is 0 Å². The Balaban J connectivity index is 2.12. The standard InChI is InChI=1S/C11H18N2S/c1-3-4-11-13-9-6-5-8(12-2)7-10(9)14-11/h8,12H,3-7H2,1-2H3/t8-/m0/s1. The maximum absolute atomic E-state index is 4.70. The van der Waals surface area contributed by atoms with Crippen molar-refractivity contribution in [3.05, 3.63) is 15.6 Å². The summed E-state index contributed by atoms with van der Waals surface area (Å²) in [5, 5.41) is 4.71. The largest absolute Gasteiger partial charge is 0.317 e. The van der Waals surface area contributed by atoms with Crippen LogP contribution in [0.5, 0.6) is 0 Å².